The second kappa shape index (κ2) is 5.85. The van der Waals surface area contributed by atoms with Crippen LogP contribution < -0.4 is 5.32 Å². The summed E-state index contributed by atoms with van der Waals surface area (Å²) in [5, 5.41) is 5.90. The van der Waals surface area contributed by atoms with Crippen LogP contribution in [-0.2, 0) is 0 Å². The first-order valence-electron chi connectivity index (χ1n) is 6.62. The number of hydrogen-bond donors (Lipinski definition) is 1. The highest BCUT2D eigenvalue weighted by atomic mass is 79.9. The van der Waals surface area contributed by atoms with Crippen LogP contribution in [0.15, 0.2) is 15.9 Å². The minimum absolute atomic E-state index is 0.482. The number of rotatable bonds is 5. The van der Waals surface area contributed by atoms with Gasteiger partial charge >= 0.3 is 0 Å². The summed E-state index contributed by atoms with van der Waals surface area (Å²) in [6.07, 6.45) is 7.00. The lowest BCUT2D eigenvalue weighted by molar-refractivity contribution is 0.259. The van der Waals surface area contributed by atoms with Crippen molar-refractivity contribution in [1.82, 2.24) is 5.32 Å². The van der Waals surface area contributed by atoms with Crippen LogP contribution in [0.3, 0.4) is 0 Å². The molecule has 0 spiro atoms. The minimum atomic E-state index is 0.482. The molecule has 1 saturated carbocycles. The van der Waals surface area contributed by atoms with E-state index in [0.29, 0.717) is 11.5 Å². The fourth-order valence-electron chi connectivity index (χ4n) is 2.81. The molecule has 1 nitrogen and oxygen atoms in total. The van der Waals surface area contributed by atoms with Crippen LogP contribution in [0.2, 0.25) is 0 Å². The van der Waals surface area contributed by atoms with Gasteiger partial charge in [0, 0.05) is 27.3 Å². The molecule has 1 unspecified atom stereocenters. The average molecular weight is 316 g/mol. The summed E-state index contributed by atoms with van der Waals surface area (Å²) in [5.41, 5.74) is 0.586. The van der Waals surface area contributed by atoms with Crippen LogP contribution in [0, 0.1) is 5.41 Å². The largest absolute Gasteiger partial charge is 0.309 e. The van der Waals surface area contributed by atoms with Gasteiger partial charge in [-0.1, -0.05) is 19.8 Å². The van der Waals surface area contributed by atoms with Crippen molar-refractivity contribution in [1.29, 1.82) is 0 Å². The molecule has 17 heavy (non-hydrogen) atoms. The van der Waals surface area contributed by atoms with Crippen molar-refractivity contribution in [3.05, 3.63) is 20.8 Å². The van der Waals surface area contributed by atoms with E-state index in [1.807, 2.05) is 11.3 Å². The Bertz CT molecular complexity index is 355. The van der Waals surface area contributed by atoms with Crippen molar-refractivity contribution in [3.8, 4) is 0 Å². The quantitative estimate of drug-likeness (QED) is 0.794. The Hall–Kier alpha value is 0.140. The van der Waals surface area contributed by atoms with Gasteiger partial charge in [-0.05, 0) is 53.6 Å². The lowest BCUT2D eigenvalue weighted by Gasteiger charge is -2.29. The highest BCUT2D eigenvalue weighted by Gasteiger charge is 2.31. The second-order valence-electron chi connectivity index (χ2n) is 5.33. The van der Waals surface area contributed by atoms with Crippen LogP contribution >= 0.6 is 27.3 Å². The Kier molecular flexibility index (Phi) is 4.67. The van der Waals surface area contributed by atoms with E-state index in [1.165, 1.54) is 48.0 Å². The van der Waals surface area contributed by atoms with E-state index in [-0.39, 0.29) is 0 Å². The van der Waals surface area contributed by atoms with E-state index in [1.54, 1.807) is 0 Å². The van der Waals surface area contributed by atoms with Crippen molar-refractivity contribution >= 4 is 27.3 Å². The van der Waals surface area contributed by atoms with Gasteiger partial charge in [0.2, 0.25) is 0 Å². The van der Waals surface area contributed by atoms with Gasteiger partial charge < -0.3 is 5.32 Å². The second-order valence-corrected chi connectivity index (χ2v) is 7.19. The Labute approximate surface area is 117 Å². The van der Waals surface area contributed by atoms with E-state index in [4.69, 9.17) is 0 Å². The molecule has 2 rings (SSSR count). The van der Waals surface area contributed by atoms with E-state index >= 15 is 0 Å². The normalized spacial score (nSPS) is 20.6. The summed E-state index contributed by atoms with van der Waals surface area (Å²) in [6, 6.07) is 2.71. The predicted molar refractivity (Wildman–Crippen MR) is 79.6 cm³/mol. The molecule has 0 radical (unpaired) electrons. The maximum atomic E-state index is 3.74. The molecule has 1 aliphatic rings. The van der Waals surface area contributed by atoms with Crippen LogP contribution in [0.1, 0.15) is 56.9 Å². The molecule has 1 aromatic heterocycles. The van der Waals surface area contributed by atoms with E-state index in [0.717, 1.165) is 0 Å². The summed E-state index contributed by atoms with van der Waals surface area (Å²) in [5.74, 6) is 0. The van der Waals surface area contributed by atoms with Gasteiger partial charge in [0.15, 0.2) is 0 Å². The topological polar surface area (TPSA) is 12.0 Å². The molecule has 1 fully saturated rings. The van der Waals surface area contributed by atoms with Crippen molar-refractivity contribution < 1.29 is 0 Å². The van der Waals surface area contributed by atoms with Gasteiger partial charge in [-0.15, -0.1) is 11.3 Å². The Morgan fingerprint density at radius 3 is 2.71 bits per heavy atom. The molecule has 1 aliphatic carbocycles. The Morgan fingerprint density at radius 2 is 2.18 bits per heavy atom. The van der Waals surface area contributed by atoms with Crippen LogP contribution in [0.4, 0.5) is 0 Å². The number of thiophene rings is 1. The number of halogens is 1. The fourth-order valence-corrected chi connectivity index (χ4v) is 4.28. The zero-order valence-electron chi connectivity index (χ0n) is 10.8. The monoisotopic (exact) mass is 315 g/mol. The zero-order valence-corrected chi connectivity index (χ0v) is 13.2. The van der Waals surface area contributed by atoms with E-state index in [9.17, 15) is 0 Å². The van der Waals surface area contributed by atoms with Crippen LogP contribution in [0.5, 0.6) is 0 Å². The minimum Gasteiger partial charge on any atom is -0.309 e. The Morgan fingerprint density at radius 1 is 1.47 bits per heavy atom. The first-order valence-corrected chi connectivity index (χ1v) is 8.30. The summed E-state index contributed by atoms with van der Waals surface area (Å²) < 4.78 is 1.21. The summed E-state index contributed by atoms with van der Waals surface area (Å²) in [7, 11) is 0. The first-order chi connectivity index (χ1) is 8.15. The first kappa shape index (κ1) is 13.6. The van der Waals surface area contributed by atoms with Gasteiger partial charge in [0.05, 0.1) is 0 Å². The standard InChI is InChI=1S/C14H22BrNS/c1-3-14(6-4-5-7-14)10-16-11(2)13-8-12(15)9-17-13/h8-9,11,16H,3-7,10H2,1-2H3. The molecule has 0 bridgehead atoms. The third-order valence-corrected chi connectivity index (χ3v) is 6.09. The molecule has 0 aliphatic heterocycles. The van der Waals surface area contributed by atoms with Crippen LogP contribution in [0.25, 0.3) is 0 Å². The molecular formula is C14H22BrNS. The molecule has 0 saturated heterocycles. The molecule has 0 aromatic carbocycles. The maximum Gasteiger partial charge on any atom is 0.0386 e. The molecule has 1 atom stereocenters. The van der Waals surface area contributed by atoms with Crippen molar-refractivity contribution in [2.24, 2.45) is 5.41 Å². The average Bonchev–Trinajstić information content (AvgIpc) is 2.95. The van der Waals surface area contributed by atoms with Crippen LogP contribution in [-0.4, -0.2) is 6.54 Å². The molecule has 1 heterocycles. The molecule has 0 amide bonds. The van der Waals surface area contributed by atoms with E-state index in [2.05, 4.69) is 46.5 Å². The van der Waals surface area contributed by atoms with Crippen molar-refractivity contribution in [2.45, 2.75) is 52.0 Å². The molecule has 1 N–H and O–H groups in total. The summed E-state index contributed by atoms with van der Waals surface area (Å²) in [6.45, 7) is 5.80. The maximum absolute atomic E-state index is 3.74. The van der Waals surface area contributed by atoms with E-state index < -0.39 is 0 Å². The Balaban J connectivity index is 1.89. The molecule has 3 heteroatoms. The number of nitrogens with one attached hydrogen (secondary N) is 1. The molecule has 1 aromatic rings. The third-order valence-electron chi connectivity index (χ3n) is 4.21. The van der Waals surface area contributed by atoms with Crippen molar-refractivity contribution in [2.75, 3.05) is 6.54 Å². The smallest absolute Gasteiger partial charge is 0.0386 e. The van der Waals surface area contributed by atoms with Crippen molar-refractivity contribution in [3.63, 3.8) is 0 Å². The molecular weight excluding hydrogens is 294 g/mol. The lowest BCUT2D eigenvalue weighted by atomic mass is 9.83. The summed E-state index contributed by atoms with van der Waals surface area (Å²) >= 11 is 5.36. The lowest BCUT2D eigenvalue weighted by Crippen LogP contribution is -2.33. The highest BCUT2D eigenvalue weighted by molar-refractivity contribution is 9.10. The van der Waals surface area contributed by atoms with Gasteiger partial charge in [-0.2, -0.15) is 0 Å². The van der Waals surface area contributed by atoms with Gasteiger partial charge in [0.1, 0.15) is 0 Å². The number of hydrogen-bond acceptors (Lipinski definition) is 2. The SMILES string of the molecule is CCC1(CNC(C)c2cc(Br)cs2)CCCC1. The zero-order chi connectivity index (χ0) is 12.3. The highest BCUT2D eigenvalue weighted by Crippen LogP contribution is 2.40. The molecule has 96 valence electrons. The van der Waals surface area contributed by atoms with Gasteiger partial charge in [-0.25, -0.2) is 0 Å². The van der Waals surface area contributed by atoms with Gasteiger partial charge in [0.25, 0.3) is 0 Å². The predicted octanol–water partition coefficient (Wildman–Crippen LogP) is 5.13. The fraction of sp³-hybridized carbons (Fsp3) is 0.714. The third kappa shape index (κ3) is 3.33. The van der Waals surface area contributed by atoms with Gasteiger partial charge in [-0.3, -0.25) is 0 Å². The summed E-state index contributed by atoms with van der Waals surface area (Å²) in [4.78, 5) is 1.43.